The van der Waals surface area contributed by atoms with E-state index in [1.807, 2.05) is 35.8 Å². The number of hydrogen-bond acceptors (Lipinski definition) is 1. The van der Waals surface area contributed by atoms with Crippen LogP contribution in [0.1, 0.15) is 13.3 Å². The molecule has 7 radical (unpaired) electrons. The van der Waals surface area contributed by atoms with E-state index in [1.165, 1.54) is 11.0 Å². The Morgan fingerprint density at radius 3 is 1.57 bits per heavy atom. The van der Waals surface area contributed by atoms with Crippen LogP contribution in [0.2, 0.25) is 4.55 Å². The van der Waals surface area contributed by atoms with Gasteiger partial charge in [0.1, 0.15) is 0 Å². The lowest BCUT2D eigenvalue weighted by molar-refractivity contribution is 1.02. The number of rotatable bonds is 1. The molecule has 0 amide bonds. The summed E-state index contributed by atoms with van der Waals surface area (Å²) in [6.07, 6.45) is 1.33. The van der Waals surface area contributed by atoms with Crippen molar-refractivity contribution in [3.63, 3.8) is 0 Å². The third-order valence-corrected chi connectivity index (χ3v) is 1.06. The summed E-state index contributed by atoms with van der Waals surface area (Å²) in [6, 6.07) is 0. The molecule has 7 heavy (non-hydrogen) atoms. The summed E-state index contributed by atoms with van der Waals surface area (Å²) in [5, 5.41) is 2.75. The summed E-state index contributed by atoms with van der Waals surface area (Å²) in [5.74, 6) is 0. The van der Waals surface area contributed by atoms with Crippen molar-refractivity contribution < 1.29 is 0 Å². The Labute approximate surface area is 59.3 Å². The highest BCUT2D eigenvalue weighted by atomic mass is 24.4. The molecule has 0 aromatic carbocycles. The minimum atomic E-state index is 1.33. The summed E-state index contributed by atoms with van der Waals surface area (Å²) < 4.78 is 1.35. The third-order valence-electron chi connectivity index (χ3n) is 0.354. The largest absolute Gasteiger partial charge is 1.41 e. The first-order valence-corrected chi connectivity index (χ1v) is 3.71. The monoisotopic (exact) mass is 112 g/mol. The van der Waals surface area contributed by atoms with Crippen molar-refractivity contribution >= 4 is 21.7 Å². The average molecular weight is 112 g/mol. The van der Waals surface area contributed by atoms with Crippen LogP contribution in [0, 0.1) is 0 Å². The van der Waals surface area contributed by atoms with Crippen molar-refractivity contribution in [1.29, 1.82) is 0 Å². The molecule has 0 aromatic heterocycles. The lowest BCUT2D eigenvalue weighted by Gasteiger charge is -1.59. The first-order chi connectivity index (χ1) is 3.33. The fraction of sp³-hybridized carbons (Fsp3) is 1.00. The maximum Gasteiger partial charge on any atom is 1.41 e. The first-order valence-electron chi connectivity index (χ1n) is 2.71. The number of nitrogens with one attached hydrogen (secondary N) is 1. The predicted octanol–water partition coefficient (Wildman–Crippen LogP) is 0.819. The quantitative estimate of drug-likeness (QED) is 0.495. The van der Waals surface area contributed by atoms with Crippen molar-refractivity contribution in [1.82, 2.24) is 5.32 Å². The topological polar surface area (TPSA) is 12.0 Å². The van der Waals surface area contributed by atoms with E-state index in [9.17, 15) is 0 Å². The average Bonchev–Trinajstić information content (AvgIpc) is 1.69. The second-order valence-electron chi connectivity index (χ2n) is 1.35. The maximum absolute atomic E-state index is 2.75. The predicted molar refractivity (Wildman–Crippen MR) is 35.8 cm³/mol. The highest BCUT2D eigenvalue weighted by Gasteiger charge is 2.17. The molecular formula is C5H14MgN+2. The van der Waals surface area contributed by atoms with Crippen LogP contribution in [0.25, 0.3) is 0 Å². The molecule has 1 N–H and O–H groups in total. The van der Waals surface area contributed by atoms with Gasteiger partial charge in [-0.25, -0.2) is 0 Å². The lowest BCUT2D eigenvalue weighted by Crippen LogP contribution is -1.89. The molecule has 2 heteroatoms. The highest BCUT2D eigenvalue weighted by Crippen LogP contribution is 1.73. The summed E-state index contributed by atoms with van der Waals surface area (Å²) in [6.45, 7) is 2.19. The van der Waals surface area contributed by atoms with Crippen molar-refractivity contribution in [2.75, 3.05) is 14.1 Å². The van der Waals surface area contributed by atoms with E-state index in [1.54, 1.807) is 0 Å². The molecule has 0 aliphatic rings. The van der Waals surface area contributed by atoms with E-state index < -0.39 is 0 Å². The normalized spacial score (nSPS) is 6.86. The first kappa shape index (κ1) is 10.7. The summed E-state index contributed by atoms with van der Waals surface area (Å²) in [4.78, 5) is 0. The van der Waals surface area contributed by atoms with Gasteiger partial charge in [-0.1, -0.05) is 6.92 Å². The molecule has 0 rings (SSSR count). The van der Waals surface area contributed by atoms with Gasteiger partial charge in [0.2, 0.25) is 0 Å². The maximum atomic E-state index is 2.75. The molecule has 0 heterocycles. The van der Waals surface area contributed by atoms with Gasteiger partial charge in [0.05, 0.1) is 0 Å². The molecular weight excluding hydrogens is 98.4 g/mol. The molecule has 0 fully saturated rings. The van der Waals surface area contributed by atoms with Crippen molar-refractivity contribution in [2.24, 2.45) is 0 Å². The van der Waals surface area contributed by atoms with Crippen LogP contribution in [0.4, 0.5) is 0 Å². The van der Waals surface area contributed by atoms with Gasteiger partial charge in [-0.15, -0.1) is 0 Å². The molecule has 0 spiro atoms. The van der Waals surface area contributed by atoms with Gasteiger partial charge < -0.3 is 5.32 Å². The van der Waals surface area contributed by atoms with Gasteiger partial charge in [-0.05, 0) is 14.1 Å². The van der Waals surface area contributed by atoms with Crippen LogP contribution in [0.15, 0.2) is 0 Å². The van der Waals surface area contributed by atoms with Crippen LogP contribution in [-0.4, -0.2) is 35.8 Å². The van der Waals surface area contributed by atoms with E-state index in [0.29, 0.717) is 0 Å². The summed E-state index contributed by atoms with van der Waals surface area (Å²) >= 11 is 2.02. The van der Waals surface area contributed by atoms with E-state index in [-0.39, 0.29) is 0 Å². The molecule has 1 nitrogen and oxygen atoms in total. The van der Waals surface area contributed by atoms with Gasteiger partial charge in [-0.3, -0.25) is 0 Å². The molecule has 0 saturated heterocycles. The Bertz CT molecular complexity index is 15.6. The van der Waals surface area contributed by atoms with Gasteiger partial charge in [0.15, 0.2) is 0 Å². The SMILES string of the molecule is CC[CH2][Mg+2].CNC. The zero-order chi connectivity index (χ0) is 6.12. The fourth-order valence-electron chi connectivity index (χ4n) is 0. The van der Waals surface area contributed by atoms with Crippen LogP contribution in [0.3, 0.4) is 0 Å². The molecule has 0 aromatic rings. The third kappa shape index (κ3) is 50.4. The van der Waals surface area contributed by atoms with Gasteiger partial charge in [0.25, 0.3) is 4.55 Å². The Morgan fingerprint density at radius 2 is 1.57 bits per heavy atom. The molecule has 0 bridgehead atoms. The molecule has 0 aliphatic heterocycles. The van der Waals surface area contributed by atoms with Crippen molar-refractivity contribution in [2.45, 2.75) is 17.9 Å². The lowest BCUT2D eigenvalue weighted by atomic mass is 10.6. The standard InChI is InChI=1S/C3H7.C2H7N.Mg/c2*1-3-2;/h1,3H2,2H3;3H,1-2H3;/q;;+2. The molecule has 39 valence electrons. The smallest absolute Gasteiger partial charge is 0.323 e. The Balaban J connectivity index is 0. The van der Waals surface area contributed by atoms with Crippen molar-refractivity contribution in [3.05, 3.63) is 0 Å². The van der Waals surface area contributed by atoms with E-state index in [0.717, 1.165) is 0 Å². The van der Waals surface area contributed by atoms with Gasteiger partial charge in [0, 0.05) is 6.42 Å². The second-order valence-corrected chi connectivity index (χ2v) is 2.06. The summed E-state index contributed by atoms with van der Waals surface area (Å²) in [7, 11) is 3.75. The van der Waals surface area contributed by atoms with Crippen LogP contribution >= 0.6 is 0 Å². The van der Waals surface area contributed by atoms with Gasteiger partial charge >= 0.3 is 21.7 Å². The minimum Gasteiger partial charge on any atom is -0.323 e. The molecule has 0 unspecified atom stereocenters. The Morgan fingerprint density at radius 1 is 1.43 bits per heavy atom. The highest BCUT2D eigenvalue weighted by molar-refractivity contribution is 6.08. The second kappa shape index (κ2) is 15.9. The van der Waals surface area contributed by atoms with Crippen LogP contribution in [-0.2, 0) is 0 Å². The Kier molecular flexibility index (Phi) is 24.2. The summed E-state index contributed by atoms with van der Waals surface area (Å²) in [5.41, 5.74) is 0. The zero-order valence-corrected chi connectivity index (χ0v) is 7.04. The fourth-order valence-corrected chi connectivity index (χ4v) is 0. The van der Waals surface area contributed by atoms with E-state index in [4.69, 9.17) is 0 Å². The van der Waals surface area contributed by atoms with E-state index >= 15 is 0 Å². The molecule has 0 aliphatic carbocycles. The van der Waals surface area contributed by atoms with Crippen LogP contribution < -0.4 is 5.32 Å². The number of hydrogen-bond donors (Lipinski definition) is 1. The molecule has 0 atom stereocenters. The van der Waals surface area contributed by atoms with Gasteiger partial charge in [-0.2, -0.15) is 0 Å². The van der Waals surface area contributed by atoms with E-state index in [2.05, 4.69) is 12.2 Å². The zero-order valence-electron chi connectivity index (χ0n) is 5.62. The minimum absolute atomic E-state index is 1.33. The Hall–Kier alpha value is 0.726. The molecule has 0 saturated carbocycles. The van der Waals surface area contributed by atoms with Crippen molar-refractivity contribution in [3.8, 4) is 0 Å². The van der Waals surface area contributed by atoms with Crippen LogP contribution in [0.5, 0.6) is 0 Å².